The molecule has 0 saturated carbocycles. The van der Waals surface area contributed by atoms with Crippen molar-refractivity contribution < 1.29 is 32.7 Å². The average molecular weight is 485 g/mol. The molecule has 1 atom stereocenters. The number of nitrogens with zero attached hydrogens (tertiary/aromatic N) is 3. The van der Waals surface area contributed by atoms with Crippen molar-refractivity contribution >= 4 is 28.7 Å². The van der Waals surface area contributed by atoms with Gasteiger partial charge in [-0.05, 0) is 25.9 Å². The second-order valence-electron chi connectivity index (χ2n) is 7.26. The Morgan fingerprint density at radius 1 is 1.27 bits per heavy atom. The van der Waals surface area contributed by atoms with E-state index in [9.17, 15) is 13.2 Å². The van der Waals surface area contributed by atoms with E-state index in [-0.39, 0.29) is 6.10 Å². The summed E-state index contributed by atoms with van der Waals surface area (Å²) in [6.07, 6.45) is -2.39. The van der Waals surface area contributed by atoms with Gasteiger partial charge in [-0.3, -0.25) is 0 Å². The quantitative estimate of drug-likeness (QED) is 0.494. The fourth-order valence-electron chi connectivity index (χ4n) is 3.36. The van der Waals surface area contributed by atoms with Crippen molar-refractivity contribution in [3.8, 4) is 0 Å². The molecule has 0 radical (unpaired) electrons. The average Bonchev–Trinajstić information content (AvgIpc) is 3.48. The zero-order valence-corrected chi connectivity index (χ0v) is 18.5. The molecule has 1 fully saturated rings. The van der Waals surface area contributed by atoms with Gasteiger partial charge in [0.25, 0.3) is 0 Å². The van der Waals surface area contributed by atoms with Gasteiger partial charge in [-0.15, -0.1) is 11.3 Å². The summed E-state index contributed by atoms with van der Waals surface area (Å²) < 4.78 is 31.7. The predicted octanol–water partition coefficient (Wildman–Crippen LogP) is 3.79. The van der Waals surface area contributed by atoms with E-state index in [0.717, 1.165) is 48.6 Å². The first-order chi connectivity index (χ1) is 15.8. The summed E-state index contributed by atoms with van der Waals surface area (Å²) in [7, 11) is 1.55. The largest absolute Gasteiger partial charge is 0.490 e. The Morgan fingerprint density at radius 3 is 2.55 bits per heavy atom. The highest BCUT2D eigenvalue weighted by Gasteiger charge is 2.38. The van der Waals surface area contributed by atoms with E-state index >= 15 is 0 Å². The van der Waals surface area contributed by atoms with E-state index in [0.29, 0.717) is 12.3 Å². The lowest BCUT2D eigenvalue weighted by Crippen LogP contribution is -2.26. The van der Waals surface area contributed by atoms with E-state index in [1.807, 2.05) is 30.3 Å². The first-order valence-corrected chi connectivity index (χ1v) is 11.0. The van der Waals surface area contributed by atoms with E-state index in [1.165, 1.54) is 5.01 Å². The topological polar surface area (TPSA) is 105 Å². The Bertz CT molecular complexity index is 989. The molecule has 2 aliphatic rings. The maximum atomic E-state index is 10.6. The van der Waals surface area contributed by atoms with Crippen LogP contribution >= 0.6 is 11.3 Å². The fraction of sp³-hybridized carbons (Fsp3) is 0.429. The van der Waals surface area contributed by atoms with E-state index in [4.69, 9.17) is 24.6 Å². The summed E-state index contributed by atoms with van der Waals surface area (Å²) in [5, 5.41) is 22.3. The molecule has 0 bridgehead atoms. The third-order valence-corrected chi connectivity index (χ3v) is 5.99. The number of thiazole rings is 1. The summed E-state index contributed by atoms with van der Waals surface area (Å²) in [6, 6.07) is 9.92. The molecule has 8 nitrogen and oxygen atoms in total. The van der Waals surface area contributed by atoms with Gasteiger partial charge in [0.2, 0.25) is 0 Å². The van der Waals surface area contributed by atoms with Crippen LogP contribution in [0, 0.1) is 0 Å². The molecule has 1 aromatic heterocycles. The molecule has 0 amide bonds. The van der Waals surface area contributed by atoms with E-state index in [1.54, 1.807) is 18.4 Å². The van der Waals surface area contributed by atoms with Crippen molar-refractivity contribution in [1.29, 1.82) is 0 Å². The van der Waals surface area contributed by atoms with Gasteiger partial charge in [0.05, 0.1) is 10.7 Å². The Labute approximate surface area is 192 Å². The minimum atomic E-state index is -5.08. The Kier molecular flexibility index (Phi) is 8.39. The van der Waals surface area contributed by atoms with E-state index < -0.39 is 12.1 Å². The van der Waals surface area contributed by atoms with Crippen LogP contribution in [0.1, 0.15) is 41.4 Å². The number of alkyl halides is 3. The van der Waals surface area contributed by atoms with Gasteiger partial charge in [0, 0.05) is 23.3 Å². The molecule has 12 heteroatoms. The van der Waals surface area contributed by atoms with E-state index in [2.05, 4.69) is 21.0 Å². The number of halogens is 3. The van der Waals surface area contributed by atoms with Crippen LogP contribution < -0.4 is 5.32 Å². The number of rotatable bonds is 5. The molecule has 2 aliphatic heterocycles. The minimum absolute atomic E-state index is 0.253. The lowest BCUT2D eigenvalue weighted by atomic mass is 9.99. The first kappa shape index (κ1) is 24.6. The molecule has 33 heavy (non-hydrogen) atoms. The van der Waals surface area contributed by atoms with Crippen LogP contribution in [0.3, 0.4) is 0 Å². The smallest absolute Gasteiger partial charge is 0.475 e. The van der Waals surface area contributed by atoms with Crippen molar-refractivity contribution in [1.82, 2.24) is 10.3 Å². The SMILES string of the molecule is CON=C(c1ccccc1)C1CC(c2csc(C3CCNCC3)n2)=NO1.O=C(O)C(F)(F)F. The number of piperidine rings is 1. The molecule has 1 unspecified atom stereocenters. The zero-order valence-electron chi connectivity index (χ0n) is 17.7. The lowest BCUT2D eigenvalue weighted by Gasteiger charge is -2.20. The van der Waals surface area contributed by atoms with Crippen molar-refractivity contribution in [2.75, 3.05) is 20.2 Å². The molecular formula is C21H23F3N4O4S. The Balaban J connectivity index is 0.000000383. The van der Waals surface area contributed by atoms with Crippen molar-refractivity contribution in [3.63, 3.8) is 0 Å². The fourth-order valence-corrected chi connectivity index (χ4v) is 4.36. The van der Waals surface area contributed by atoms with Gasteiger partial charge in [-0.1, -0.05) is 40.6 Å². The summed E-state index contributed by atoms with van der Waals surface area (Å²) in [5.74, 6) is -2.20. The van der Waals surface area contributed by atoms with Gasteiger partial charge in [0.15, 0.2) is 6.10 Å². The minimum Gasteiger partial charge on any atom is -0.475 e. The van der Waals surface area contributed by atoms with Gasteiger partial charge in [-0.25, -0.2) is 9.78 Å². The number of hydrogen-bond acceptors (Lipinski definition) is 8. The number of aliphatic carboxylic acids is 1. The third kappa shape index (κ3) is 6.75. The predicted molar refractivity (Wildman–Crippen MR) is 117 cm³/mol. The number of nitrogens with one attached hydrogen (secondary N) is 1. The normalized spacial score (nSPS) is 19.2. The number of carbonyl (C=O) groups is 1. The molecule has 0 spiro atoms. The summed E-state index contributed by atoms with van der Waals surface area (Å²) >= 11 is 1.73. The highest BCUT2D eigenvalue weighted by molar-refractivity contribution is 7.10. The number of benzene rings is 1. The second-order valence-corrected chi connectivity index (χ2v) is 8.15. The number of carboxylic acids is 1. The first-order valence-electron chi connectivity index (χ1n) is 10.2. The van der Waals surface area contributed by atoms with Crippen LogP contribution in [0.4, 0.5) is 13.2 Å². The monoisotopic (exact) mass is 484 g/mol. The number of carboxylic acid groups (broad SMARTS) is 1. The maximum absolute atomic E-state index is 10.6. The third-order valence-electron chi connectivity index (χ3n) is 4.98. The number of oxime groups is 2. The van der Waals surface area contributed by atoms with Crippen LogP contribution in [-0.4, -0.2) is 60.0 Å². The van der Waals surface area contributed by atoms with Gasteiger partial charge in [-0.2, -0.15) is 13.2 Å². The second kappa shape index (κ2) is 11.2. The van der Waals surface area contributed by atoms with Crippen molar-refractivity contribution in [3.05, 3.63) is 52.0 Å². The molecule has 2 aromatic rings. The van der Waals surface area contributed by atoms with Gasteiger partial charge in [0.1, 0.15) is 18.5 Å². The molecular weight excluding hydrogens is 461 g/mol. The molecule has 2 N–H and O–H groups in total. The Morgan fingerprint density at radius 2 is 1.94 bits per heavy atom. The van der Waals surface area contributed by atoms with Crippen LogP contribution in [-0.2, 0) is 14.5 Å². The van der Waals surface area contributed by atoms with Gasteiger partial charge >= 0.3 is 12.1 Å². The molecule has 178 valence electrons. The highest BCUT2D eigenvalue weighted by atomic mass is 32.1. The Hall–Kier alpha value is -2.99. The van der Waals surface area contributed by atoms with Crippen molar-refractivity contribution in [2.24, 2.45) is 10.3 Å². The molecule has 3 heterocycles. The van der Waals surface area contributed by atoms with Crippen LogP contribution in [0.2, 0.25) is 0 Å². The lowest BCUT2D eigenvalue weighted by molar-refractivity contribution is -0.192. The summed E-state index contributed by atoms with van der Waals surface area (Å²) in [6.45, 7) is 2.14. The number of aromatic nitrogens is 1. The summed E-state index contributed by atoms with van der Waals surface area (Å²) in [4.78, 5) is 24.4. The van der Waals surface area contributed by atoms with Gasteiger partial charge < -0.3 is 20.1 Å². The number of hydrogen-bond donors (Lipinski definition) is 2. The molecule has 4 rings (SSSR count). The van der Waals surface area contributed by atoms with Crippen LogP contribution in [0.25, 0.3) is 0 Å². The van der Waals surface area contributed by atoms with Crippen LogP contribution in [0.5, 0.6) is 0 Å². The standard InChI is InChI=1S/C19H22N4O2S.C2HF3O2/c1-24-23-18(13-5-3-2-4-6-13)17-11-15(22-25-17)16-12-26-19(21-16)14-7-9-20-10-8-14;3-2(4,5)1(6)7/h2-6,12,14,17,20H,7-11H2,1H3;(H,6,7). The molecule has 1 saturated heterocycles. The zero-order chi connectivity index (χ0) is 23.8. The maximum Gasteiger partial charge on any atom is 0.490 e. The summed E-state index contributed by atoms with van der Waals surface area (Å²) in [5.41, 5.74) is 3.53. The van der Waals surface area contributed by atoms with Crippen molar-refractivity contribution in [2.45, 2.75) is 37.5 Å². The molecule has 0 aliphatic carbocycles. The molecule has 1 aromatic carbocycles. The highest BCUT2D eigenvalue weighted by Crippen LogP contribution is 2.29. The van der Waals surface area contributed by atoms with Crippen LogP contribution in [0.15, 0.2) is 46.0 Å².